The van der Waals surface area contributed by atoms with Crippen LogP contribution in [0.5, 0.6) is 11.5 Å². The van der Waals surface area contributed by atoms with Crippen LogP contribution in [0.4, 0.5) is 0 Å². The first-order chi connectivity index (χ1) is 8.74. The molecule has 0 bridgehead atoms. The Morgan fingerprint density at radius 1 is 1.22 bits per heavy atom. The third-order valence-corrected chi connectivity index (χ3v) is 4.59. The number of rotatable bonds is 3. The molecule has 1 saturated heterocycles. The first-order valence-electron chi connectivity index (χ1n) is 6.27. The Balaban J connectivity index is 2.24. The van der Waals surface area contributed by atoms with Crippen molar-refractivity contribution in [2.75, 3.05) is 32.3 Å². The maximum absolute atomic E-state index is 5.46. The molecule has 4 heteroatoms. The molecule has 2 unspecified atom stereocenters. The van der Waals surface area contributed by atoms with Crippen LogP contribution in [0, 0.1) is 5.92 Å². The molecule has 1 aromatic rings. The van der Waals surface area contributed by atoms with Gasteiger partial charge in [-0.2, -0.15) is 11.8 Å². The van der Waals surface area contributed by atoms with E-state index in [4.69, 9.17) is 9.47 Å². The van der Waals surface area contributed by atoms with Gasteiger partial charge in [-0.15, -0.1) is 0 Å². The van der Waals surface area contributed by atoms with Crippen LogP contribution >= 0.6 is 11.8 Å². The van der Waals surface area contributed by atoms with Gasteiger partial charge in [-0.25, -0.2) is 0 Å². The van der Waals surface area contributed by atoms with Crippen LogP contribution in [0.1, 0.15) is 18.5 Å². The van der Waals surface area contributed by atoms with Crippen molar-refractivity contribution in [3.8, 4) is 11.5 Å². The third-order valence-electron chi connectivity index (χ3n) is 3.21. The fourth-order valence-electron chi connectivity index (χ4n) is 2.16. The van der Waals surface area contributed by atoms with Crippen molar-refractivity contribution in [3.05, 3.63) is 23.8 Å². The summed E-state index contributed by atoms with van der Waals surface area (Å²) in [6, 6.07) is 6.33. The Morgan fingerprint density at radius 2 is 2.06 bits per heavy atom. The summed E-state index contributed by atoms with van der Waals surface area (Å²) in [4.78, 5) is 0. The highest BCUT2D eigenvalue weighted by atomic mass is 32.2. The summed E-state index contributed by atoms with van der Waals surface area (Å²) in [5.74, 6) is 4.83. The Bertz CT molecular complexity index is 397. The third kappa shape index (κ3) is 3.12. The maximum Gasteiger partial charge on any atom is 0.123 e. The summed E-state index contributed by atoms with van der Waals surface area (Å²) in [6.07, 6.45) is 0. The summed E-state index contributed by atoms with van der Waals surface area (Å²) in [5.41, 5.74) is 1.19. The van der Waals surface area contributed by atoms with Gasteiger partial charge in [0, 0.05) is 17.4 Å². The van der Waals surface area contributed by atoms with Crippen molar-refractivity contribution in [3.63, 3.8) is 0 Å². The van der Waals surface area contributed by atoms with Gasteiger partial charge in [0.2, 0.25) is 0 Å². The predicted octanol–water partition coefficient (Wildman–Crippen LogP) is 2.72. The molecule has 0 aliphatic carbocycles. The predicted molar refractivity (Wildman–Crippen MR) is 76.8 cm³/mol. The van der Waals surface area contributed by atoms with Crippen LogP contribution in [0.15, 0.2) is 18.2 Å². The lowest BCUT2D eigenvalue weighted by atomic mass is 10.1. The zero-order valence-corrected chi connectivity index (χ0v) is 12.0. The van der Waals surface area contributed by atoms with Gasteiger partial charge in [-0.05, 0) is 36.4 Å². The molecule has 2 rings (SSSR count). The van der Waals surface area contributed by atoms with E-state index in [2.05, 4.69) is 18.3 Å². The number of ether oxygens (including phenoxy) is 2. The van der Waals surface area contributed by atoms with E-state index < -0.39 is 0 Å². The van der Waals surface area contributed by atoms with E-state index in [1.165, 1.54) is 11.3 Å². The highest BCUT2D eigenvalue weighted by Crippen LogP contribution is 2.32. The van der Waals surface area contributed by atoms with Gasteiger partial charge in [0.15, 0.2) is 0 Å². The van der Waals surface area contributed by atoms with Crippen LogP contribution in [-0.4, -0.2) is 32.3 Å². The van der Waals surface area contributed by atoms with E-state index in [0.717, 1.165) is 29.7 Å². The zero-order chi connectivity index (χ0) is 13.0. The molecule has 1 aliphatic heterocycles. The van der Waals surface area contributed by atoms with Crippen LogP contribution < -0.4 is 14.8 Å². The highest BCUT2D eigenvalue weighted by Gasteiger charge is 2.20. The Kier molecular flexibility index (Phi) is 4.78. The normalized spacial score (nSPS) is 24.4. The van der Waals surface area contributed by atoms with E-state index in [1.807, 2.05) is 23.9 Å². The van der Waals surface area contributed by atoms with Gasteiger partial charge < -0.3 is 14.8 Å². The van der Waals surface area contributed by atoms with Crippen LogP contribution in [0.25, 0.3) is 0 Å². The largest absolute Gasteiger partial charge is 0.497 e. The van der Waals surface area contributed by atoms with Crippen LogP contribution in [0.2, 0.25) is 0 Å². The molecule has 1 fully saturated rings. The molecule has 1 aromatic carbocycles. The number of nitrogens with one attached hydrogen (secondary N) is 1. The second-order valence-electron chi connectivity index (χ2n) is 4.71. The topological polar surface area (TPSA) is 30.5 Å². The zero-order valence-electron chi connectivity index (χ0n) is 11.2. The van der Waals surface area contributed by atoms with Gasteiger partial charge in [-0.3, -0.25) is 0 Å². The molecule has 0 radical (unpaired) electrons. The van der Waals surface area contributed by atoms with Crippen molar-refractivity contribution >= 4 is 11.8 Å². The lowest BCUT2D eigenvalue weighted by molar-refractivity contribution is 0.391. The van der Waals surface area contributed by atoms with E-state index in [-0.39, 0.29) is 0 Å². The van der Waals surface area contributed by atoms with Crippen molar-refractivity contribution in [2.45, 2.75) is 13.0 Å². The molecule has 18 heavy (non-hydrogen) atoms. The minimum atomic E-state index is 0.338. The number of thioether (sulfide) groups is 1. The number of methoxy groups -OCH3 is 2. The van der Waals surface area contributed by atoms with E-state index in [1.54, 1.807) is 14.2 Å². The Labute approximate surface area is 113 Å². The maximum atomic E-state index is 5.46. The minimum absolute atomic E-state index is 0.338. The Hall–Kier alpha value is -0.870. The standard InChI is InChI=1S/C14H21NO2S/c1-10-7-15-13(9-18-8-10)12-6-11(16-2)4-5-14(12)17-3/h4-6,10,13,15H,7-9H2,1-3H3. The summed E-state index contributed by atoms with van der Waals surface area (Å²) in [7, 11) is 3.42. The van der Waals surface area contributed by atoms with Gasteiger partial charge in [0.25, 0.3) is 0 Å². The number of hydrogen-bond acceptors (Lipinski definition) is 4. The highest BCUT2D eigenvalue weighted by molar-refractivity contribution is 7.99. The molecule has 0 spiro atoms. The van der Waals surface area contributed by atoms with Gasteiger partial charge in [0.05, 0.1) is 14.2 Å². The van der Waals surface area contributed by atoms with E-state index in [9.17, 15) is 0 Å². The molecular formula is C14H21NO2S. The van der Waals surface area contributed by atoms with Crippen LogP contribution in [0.3, 0.4) is 0 Å². The summed E-state index contributed by atoms with van der Waals surface area (Å²) < 4.78 is 10.8. The second-order valence-corrected chi connectivity index (χ2v) is 5.79. The lowest BCUT2D eigenvalue weighted by Gasteiger charge is -2.20. The van der Waals surface area contributed by atoms with Crippen molar-refractivity contribution in [2.24, 2.45) is 5.92 Å². The lowest BCUT2D eigenvalue weighted by Crippen LogP contribution is -2.25. The molecule has 0 amide bonds. The van der Waals surface area contributed by atoms with E-state index >= 15 is 0 Å². The summed E-state index contributed by atoms with van der Waals surface area (Å²) in [6.45, 7) is 3.34. The summed E-state index contributed by atoms with van der Waals surface area (Å²) in [5, 5.41) is 3.62. The number of benzene rings is 1. The molecular weight excluding hydrogens is 246 g/mol. The average molecular weight is 267 g/mol. The van der Waals surface area contributed by atoms with Crippen molar-refractivity contribution < 1.29 is 9.47 Å². The molecule has 1 heterocycles. The molecule has 2 atom stereocenters. The SMILES string of the molecule is COc1ccc(OC)c(C2CSCC(C)CN2)c1. The first-order valence-corrected chi connectivity index (χ1v) is 7.43. The molecule has 0 aromatic heterocycles. The molecule has 3 nitrogen and oxygen atoms in total. The molecule has 1 N–H and O–H groups in total. The monoisotopic (exact) mass is 267 g/mol. The van der Waals surface area contributed by atoms with Crippen molar-refractivity contribution in [1.82, 2.24) is 5.32 Å². The fourth-order valence-corrected chi connectivity index (χ4v) is 3.35. The fraction of sp³-hybridized carbons (Fsp3) is 0.571. The number of hydrogen-bond donors (Lipinski definition) is 1. The van der Waals surface area contributed by atoms with Crippen molar-refractivity contribution in [1.29, 1.82) is 0 Å². The first kappa shape index (κ1) is 13.6. The molecule has 0 saturated carbocycles. The quantitative estimate of drug-likeness (QED) is 0.912. The molecule has 100 valence electrons. The van der Waals surface area contributed by atoms with E-state index in [0.29, 0.717) is 6.04 Å². The van der Waals surface area contributed by atoms with Gasteiger partial charge in [-0.1, -0.05) is 6.92 Å². The molecule has 1 aliphatic rings. The Morgan fingerprint density at radius 3 is 2.78 bits per heavy atom. The summed E-state index contributed by atoms with van der Waals surface area (Å²) >= 11 is 2.00. The van der Waals surface area contributed by atoms with Gasteiger partial charge >= 0.3 is 0 Å². The van der Waals surface area contributed by atoms with Gasteiger partial charge in [0.1, 0.15) is 11.5 Å². The minimum Gasteiger partial charge on any atom is -0.497 e. The average Bonchev–Trinajstić information content (AvgIpc) is 2.62. The van der Waals surface area contributed by atoms with Crippen LogP contribution in [-0.2, 0) is 0 Å². The smallest absolute Gasteiger partial charge is 0.123 e. The second kappa shape index (κ2) is 6.34.